The molecule has 0 aliphatic carbocycles. The van der Waals surface area contributed by atoms with E-state index in [9.17, 15) is 19.2 Å². The highest BCUT2D eigenvalue weighted by atomic mass is 16.6. The van der Waals surface area contributed by atoms with Crippen LogP contribution in [0, 0.1) is 0 Å². The summed E-state index contributed by atoms with van der Waals surface area (Å²) in [4.78, 5) is 47.6. The molecule has 1 aromatic carbocycles. The molecule has 2 rings (SSSR count). The van der Waals surface area contributed by atoms with Gasteiger partial charge in [-0.3, -0.25) is 9.69 Å². The number of carbonyl (C=O) groups is 4. The average molecular weight is 348 g/mol. The van der Waals surface area contributed by atoms with Gasteiger partial charge in [-0.25, -0.2) is 14.4 Å². The van der Waals surface area contributed by atoms with Crippen LogP contribution in [-0.4, -0.2) is 47.5 Å². The molecular weight excluding hydrogens is 328 g/mol. The average Bonchev–Trinajstić information content (AvgIpc) is 2.83. The van der Waals surface area contributed by atoms with Crippen molar-refractivity contribution < 1.29 is 28.7 Å². The lowest BCUT2D eigenvalue weighted by atomic mass is 10.1. The molecule has 1 aliphatic heterocycles. The molecule has 0 unspecified atom stereocenters. The van der Waals surface area contributed by atoms with E-state index in [2.05, 4.69) is 5.32 Å². The Kier molecular flexibility index (Phi) is 5.41. The van der Waals surface area contributed by atoms with Crippen LogP contribution >= 0.6 is 0 Å². The third-order valence-electron chi connectivity index (χ3n) is 3.21. The molecule has 1 aliphatic rings. The largest absolute Gasteiger partial charge is 0.457 e. The highest BCUT2D eigenvalue weighted by Crippen LogP contribution is 2.12. The fourth-order valence-corrected chi connectivity index (χ4v) is 2.12. The summed E-state index contributed by atoms with van der Waals surface area (Å²) in [7, 11) is 0. The minimum Gasteiger partial charge on any atom is -0.457 e. The molecule has 1 aromatic rings. The van der Waals surface area contributed by atoms with Gasteiger partial charge in [0, 0.05) is 0 Å². The van der Waals surface area contributed by atoms with Crippen LogP contribution in [0.25, 0.3) is 0 Å². The Hall–Kier alpha value is -2.90. The monoisotopic (exact) mass is 348 g/mol. The molecule has 0 bridgehead atoms. The molecule has 0 saturated carbocycles. The van der Waals surface area contributed by atoms with E-state index < -0.39 is 30.2 Å². The third-order valence-corrected chi connectivity index (χ3v) is 3.21. The Bertz CT molecular complexity index is 674. The number of ether oxygens (including phenoxy) is 2. The van der Waals surface area contributed by atoms with Crippen molar-refractivity contribution in [1.29, 1.82) is 0 Å². The number of rotatable bonds is 5. The van der Waals surface area contributed by atoms with Crippen LogP contribution in [0.4, 0.5) is 4.79 Å². The third kappa shape index (κ3) is 5.30. The van der Waals surface area contributed by atoms with Crippen LogP contribution in [0.3, 0.4) is 0 Å². The van der Waals surface area contributed by atoms with Gasteiger partial charge in [0.25, 0.3) is 0 Å². The molecule has 0 aromatic heterocycles. The lowest BCUT2D eigenvalue weighted by Crippen LogP contribution is -2.30. The van der Waals surface area contributed by atoms with Crippen molar-refractivity contribution >= 4 is 23.9 Å². The molecule has 1 saturated heterocycles. The molecule has 3 amide bonds. The summed E-state index contributed by atoms with van der Waals surface area (Å²) in [6.45, 7) is 4.80. The second-order valence-corrected chi connectivity index (χ2v) is 6.50. The van der Waals surface area contributed by atoms with Crippen molar-refractivity contribution in [3.8, 4) is 0 Å². The van der Waals surface area contributed by atoms with Gasteiger partial charge in [-0.05, 0) is 38.5 Å². The first kappa shape index (κ1) is 18.4. The summed E-state index contributed by atoms with van der Waals surface area (Å²) < 4.78 is 9.95. The topological polar surface area (TPSA) is 102 Å². The van der Waals surface area contributed by atoms with Crippen molar-refractivity contribution in [1.82, 2.24) is 10.2 Å². The second kappa shape index (κ2) is 7.33. The first-order chi connectivity index (χ1) is 11.7. The van der Waals surface area contributed by atoms with E-state index in [4.69, 9.17) is 9.47 Å². The van der Waals surface area contributed by atoms with Crippen molar-refractivity contribution in [3.63, 3.8) is 0 Å². The summed E-state index contributed by atoms with van der Waals surface area (Å²) in [5.41, 5.74) is 0.295. The van der Waals surface area contributed by atoms with Crippen LogP contribution in [0.5, 0.6) is 0 Å². The smallest absolute Gasteiger partial charge is 0.344 e. The summed E-state index contributed by atoms with van der Waals surface area (Å²) in [5.74, 6) is -1.59. The van der Waals surface area contributed by atoms with Gasteiger partial charge < -0.3 is 14.8 Å². The zero-order valence-electron chi connectivity index (χ0n) is 14.3. The first-order valence-electron chi connectivity index (χ1n) is 7.72. The molecular formula is C17H20N2O6. The zero-order chi connectivity index (χ0) is 18.6. The summed E-state index contributed by atoms with van der Waals surface area (Å²) in [5, 5.41) is 2.43. The molecule has 1 heterocycles. The molecule has 8 heteroatoms. The molecule has 0 radical (unpaired) electrons. The van der Waals surface area contributed by atoms with Crippen LogP contribution < -0.4 is 5.32 Å². The maximum atomic E-state index is 11.9. The van der Waals surface area contributed by atoms with Crippen LogP contribution in [-0.2, 0) is 25.6 Å². The van der Waals surface area contributed by atoms with Crippen LogP contribution in [0.1, 0.15) is 36.7 Å². The van der Waals surface area contributed by atoms with Crippen LogP contribution in [0.15, 0.2) is 24.3 Å². The van der Waals surface area contributed by atoms with Crippen molar-refractivity contribution in [2.75, 3.05) is 13.2 Å². The first-order valence-corrected chi connectivity index (χ1v) is 7.72. The van der Waals surface area contributed by atoms with E-state index in [1.165, 1.54) is 12.1 Å². The van der Waals surface area contributed by atoms with E-state index >= 15 is 0 Å². The Morgan fingerprint density at radius 1 is 1.16 bits per heavy atom. The Morgan fingerprint density at radius 3 is 2.32 bits per heavy atom. The van der Waals surface area contributed by atoms with Crippen molar-refractivity contribution in [2.24, 2.45) is 0 Å². The van der Waals surface area contributed by atoms with E-state index in [1.54, 1.807) is 32.9 Å². The lowest BCUT2D eigenvalue weighted by molar-refractivity contribution is -0.158. The van der Waals surface area contributed by atoms with E-state index in [0.717, 1.165) is 4.90 Å². The van der Waals surface area contributed by atoms with Gasteiger partial charge in [0.05, 0.1) is 18.7 Å². The van der Waals surface area contributed by atoms with E-state index in [1.807, 2.05) is 0 Å². The quantitative estimate of drug-likeness (QED) is 0.634. The molecule has 0 atom stereocenters. The standard InChI is InChI=1S/C17H20N2O6/c1-17(2,3)25-14(21)10-24-15(22)12-6-4-11(5-7-12)9-19-13(20)8-18-16(19)23/h4-7H,8-10H2,1-3H3,(H,18,23). The minimum atomic E-state index is -0.660. The number of hydrogen-bond donors (Lipinski definition) is 1. The highest BCUT2D eigenvalue weighted by Gasteiger charge is 2.28. The predicted molar refractivity (Wildman–Crippen MR) is 86.5 cm³/mol. The Morgan fingerprint density at radius 2 is 1.80 bits per heavy atom. The molecule has 1 N–H and O–H groups in total. The Balaban J connectivity index is 1.89. The fourth-order valence-electron chi connectivity index (χ4n) is 2.12. The van der Waals surface area contributed by atoms with E-state index in [-0.39, 0.29) is 24.6 Å². The van der Waals surface area contributed by atoms with Gasteiger partial charge in [0.2, 0.25) is 5.91 Å². The summed E-state index contributed by atoms with van der Waals surface area (Å²) in [6, 6.07) is 5.80. The predicted octanol–water partition coefficient (Wildman–Crippen LogP) is 1.24. The molecule has 134 valence electrons. The normalized spacial score (nSPS) is 14.3. The number of benzene rings is 1. The Labute approximate surface area is 145 Å². The summed E-state index contributed by atoms with van der Waals surface area (Å²) >= 11 is 0. The number of urea groups is 1. The van der Waals surface area contributed by atoms with Gasteiger partial charge in [-0.2, -0.15) is 0 Å². The maximum absolute atomic E-state index is 11.9. The van der Waals surface area contributed by atoms with Gasteiger partial charge in [-0.1, -0.05) is 12.1 Å². The van der Waals surface area contributed by atoms with Crippen LogP contribution in [0.2, 0.25) is 0 Å². The lowest BCUT2D eigenvalue weighted by Gasteiger charge is -2.19. The summed E-state index contributed by atoms with van der Waals surface area (Å²) in [6.07, 6.45) is 0. The highest BCUT2D eigenvalue weighted by molar-refractivity contribution is 6.01. The minimum absolute atomic E-state index is 0.00604. The number of amides is 3. The molecule has 8 nitrogen and oxygen atoms in total. The van der Waals surface area contributed by atoms with Crippen molar-refractivity contribution in [3.05, 3.63) is 35.4 Å². The van der Waals surface area contributed by atoms with E-state index in [0.29, 0.717) is 5.56 Å². The number of nitrogens with one attached hydrogen (secondary N) is 1. The van der Waals surface area contributed by atoms with Gasteiger partial charge in [-0.15, -0.1) is 0 Å². The zero-order valence-corrected chi connectivity index (χ0v) is 14.3. The molecule has 25 heavy (non-hydrogen) atoms. The fraction of sp³-hybridized carbons (Fsp3) is 0.412. The van der Waals surface area contributed by atoms with Gasteiger partial charge in [0.15, 0.2) is 6.61 Å². The number of nitrogens with zero attached hydrogens (tertiary/aromatic N) is 1. The molecule has 0 spiro atoms. The second-order valence-electron chi connectivity index (χ2n) is 6.50. The number of imide groups is 1. The van der Waals surface area contributed by atoms with Gasteiger partial charge in [0.1, 0.15) is 5.60 Å². The van der Waals surface area contributed by atoms with Gasteiger partial charge >= 0.3 is 18.0 Å². The SMILES string of the molecule is CC(C)(C)OC(=O)COC(=O)c1ccc(CN2C(=O)CNC2=O)cc1. The molecule has 1 fully saturated rings. The maximum Gasteiger partial charge on any atom is 0.344 e. The number of hydrogen-bond acceptors (Lipinski definition) is 6. The number of carbonyl (C=O) groups excluding carboxylic acids is 4. The van der Waals surface area contributed by atoms with Crippen molar-refractivity contribution in [2.45, 2.75) is 32.9 Å². The number of esters is 2.